The molecular formula is C19H25FN4O4. The number of hydrogen-bond donors (Lipinski definition) is 1. The highest BCUT2D eigenvalue weighted by atomic mass is 19.1. The molecule has 0 unspecified atom stereocenters. The summed E-state index contributed by atoms with van der Waals surface area (Å²) in [4.78, 5) is 17.4. The number of fused-ring (bicyclic) bond motifs is 2. The molecule has 0 atom stereocenters. The van der Waals surface area contributed by atoms with Gasteiger partial charge < -0.3 is 21.0 Å². The largest absolute Gasteiger partial charge is 0.481 e. The van der Waals surface area contributed by atoms with Crippen LogP contribution in [0.3, 0.4) is 0 Å². The Hall–Kier alpha value is -2.62. The molecule has 3 heterocycles. The van der Waals surface area contributed by atoms with Crippen molar-refractivity contribution >= 4 is 11.5 Å². The molecule has 1 fully saturated rings. The quantitative estimate of drug-likeness (QED) is 0.820. The van der Waals surface area contributed by atoms with E-state index in [9.17, 15) is 9.18 Å². The van der Waals surface area contributed by atoms with E-state index in [1.54, 1.807) is 12.4 Å². The first-order valence-electron chi connectivity index (χ1n) is 8.95. The summed E-state index contributed by atoms with van der Waals surface area (Å²) in [7, 11) is 0. The SMILES string of the molecule is O.O.O=C(O)CCN1CCC(=C2c3ccc(F)cc3CCn3ncnc32)CC1. The second kappa shape index (κ2) is 9.05. The Morgan fingerprint density at radius 2 is 1.89 bits per heavy atom. The highest BCUT2D eigenvalue weighted by Crippen LogP contribution is 2.35. The smallest absolute Gasteiger partial charge is 0.304 e. The summed E-state index contributed by atoms with van der Waals surface area (Å²) in [5.41, 5.74) is 4.41. The van der Waals surface area contributed by atoms with Crippen molar-refractivity contribution in [2.75, 3.05) is 19.6 Å². The van der Waals surface area contributed by atoms with E-state index >= 15 is 0 Å². The minimum Gasteiger partial charge on any atom is -0.481 e. The van der Waals surface area contributed by atoms with Crippen LogP contribution in [0.2, 0.25) is 0 Å². The summed E-state index contributed by atoms with van der Waals surface area (Å²) >= 11 is 0. The third kappa shape index (κ3) is 4.27. The lowest BCUT2D eigenvalue weighted by atomic mass is 9.90. The van der Waals surface area contributed by atoms with E-state index in [-0.39, 0.29) is 23.2 Å². The Bertz CT molecular complexity index is 871. The van der Waals surface area contributed by atoms with Gasteiger partial charge in [0, 0.05) is 31.8 Å². The number of likely N-dealkylation sites (tertiary alicyclic amines) is 1. The molecule has 1 aromatic carbocycles. The molecule has 0 bridgehead atoms. The number of carbonyl (C=O) groups is 1. The Balaban J connectivity index is 0.00000140. The summed E-state index contributed by atoms with van der Waals surface area (Å²) in [6.45, 7) is 2.93. The number of piperidine rings is 1. The Morgan fingerprint density at radius 3 is 2.61 bits per heavy atom. The molecule has 8 nitrogen and oxygen atoms in total. The molecule has 0 radical (unpaired) electrons. The summed E-state index contributed by atoms with van der Waals surface area (Å²) < 4.78 is 15.6. The van der Waals surface area contributed by atoms with Crippen molar-refractivity contribution in [3.63, 3.8) is 0 Å². The number of aryl methyl sites for hydroxylation is 2. The van der Waals surface area contributed by atoms with Gasteiger partial charge in [0.15, 0.2) is 5.82 Å². The lowest BCUT2D eigenvalue weighted by Crippen LogP contribution is -2.33. The average molecular weight is 392 g/mol. The Kier molecular flexibility index (Phi) is 7.00. The predicted octanol–water partition coefficient (Wildman–Crippen LogP) is 0.696. The van der Waals surface area contributed by atoms with E-state index in [0.29, 0.717) is 13.1 Å². The van der Waals surface area contributed by atoms with Gasteiger partial charge in [-0.15, -0.1) is 0 Å². The Morgan fingerprint density at radius 1 is 1.14 bits per heavy atom. The number of aliphatic carboxylic acids is 1. The number of nitrogens with zero attached hydrogens (tertiary/aromatic N) is 4. The van der Waals surface area contributed by atoms with Crippen LogP contribution >= 0.6 is 0 Å². The number of halogens is 1. The van der Waals surface area contributed by atoms with Crippen LogP contribution in [0.1, 0.15) is 36.2 Å². The summed E-state index contributed by atoms with van der Waals surface area (Å²) in [6, 6.07) is 4.98. The molecule has 0 saturated carbocycles. The second-order valence-corrected chi connectivity index (χ2v) is 6.82. The van der Waals surface area contributed by atoms with Crippen molar-refractivity contribution < 1.29 is 25.2 Å². The molecule has 0 aliphatic carbocycles. The van der Waals surface area contributed by atoms with E-state index in [4.69, 9.17) is 5.11 Å². The van der Waals surface area contributed by atoms with Gasteiger partial charge in [0.1, 0.15) is 12.1 Å². The predicted molar refractivity (Wildman–Crippen MR) is 101 cm³/mol. The van der Waals surface area contributed by atoms with Crippen LogP contribution in [0.15, 0.2) is 30.1 Å². The van der Waals surface area contributed by atoms with Gasteiger partial charge in [0.25, 0.3) is 0 Å². The first-order chi connectivity index (χ1) is 12.6. The van der Waals surface area contributed by atoms with Gasteiger partial charge >= 0.3 is 5.97 Å². The van der Waals surface area contributed by atoms with Crippen LogP contribution in [0.4, 0.5) is 4.39 Å². The number of rotatable bonds is 3. The van der Waals surface area contributed by atoms with Gasteiger partial charge in [-0.2, -0.15) is 5.10 Å². The van der Waals surface area contributed by atoms with Gasteiger partial charge in [0.2, 0.25) is 0 Å². The minimum absolute atomic E-state index is 0. The van der Waals surface area contributed by atoms with Gasteiger partial charge in [-0.1, -0.05) is 11.6 Å². The van der Waals surface area contributed by atoms with Gasteiger partial charge in [-0.25, -0.2) is 14.1 Å². The maximum Gasteiger partial charge on any atom is 0.304 e. The standard InChI is InChI=1S/C19H21FN4O2.2H2O/c20-15-1-2-16-14(11-15)5-10-24-19(21-12-22-24)18(16)13-3-7-23(8-4-13)9-6-17(25)26;;/h1-2,11-12H,3-10H2,(H,25,26);2*1H2. The molecule has 5 N–H and O–H groups in total. The molecule has 2 aliphatic heterocycles. The molecule has 0 spiro atoms. The number of carboxylic acids is 1. The van der Waals surface area contributed by atoms with E-state index in [0.717, 1.165) is 54.9 Å². The van der Waals surface area contributed by atoms with Crippen molar-refractivity contribution in [3.05, 3.63) is 52.9 Å². The minimum atomic E-state index is -0.762. The second-order valence-electron chi connectivity index (χ2n) is 6.82. The number of aromatic nitrogens is 3. The summed E-state index contributed by atoms with van der Waals surface area (Å²) in [5.74, 6) is -0.129. The third-order valence-electron chi connectivity index (χ3n) is 5.22. The van der Waals surface area contributed by atoms with E-state index in [2.05, 4.69) is 15.0 Å². The fraction of sp³-hybridized carbons (Fsp3) is 0.421. The van der Waals surface area contributed by atoms with Crippen LogP contribution < -0.4 is 0 Å². The fourth-order valence-corrected chi connectivity index (χ4v) is 3.88. The molecule has 28 heavy (non-hydrogen) atoms. The maximum atomic E-state index is 13.7. The topological polar surface area (TPSA) is 134 Å². The van der Waals surface area contributed by atoms with E-state index < -0.39 is 5.97 Å². The van der Waals surface area contributed by atoms with Crippen molar-refractivity contribution in [2.24, 2.45) is 0 Å². The van der Waals surface area contributed by atoms with Crippen LogP contribution in [0, 0.1) is 5.82 Å². The van der Waals surface area contributed by atoms with E-state index in [1.807, 2.05) is 10.7 Å². The third-order valence-corrected chi connectivity index (χ3v) is 5.22. The molecule has 152 valence electrons. The lowest BCUT2D eigenvalue weighted by molar-refractivity contribution is -0.137. The number of benzene rings is 1. The van der Waals surface area contributed by atoms with Crippen LogP contribution in [-0.4, -0.2) is 61.3 Å². The molecule has 0 amide bonds. The Labute approximate surface area is 161 Å². The molecule has 1 aromatic heterocycles. The van der Waals surface area contributed by atoms with Gasteiger partial charge in [0.05, 0.1) is 6.42 Å². The number of carboxylic acid groups (broad SMARTS) is 1. The zero-order valence-corrected chi connectivity index (χ0v) is 15.5. The first-order valence-corrected chi connectivity index (χ1v) is 8.95. The van der Waals surface area contributed by atoms with Crippen molar-refractivity contribution in [3.8, 4) is 0 Å². The summed E-state index contributed by atoms with van der Waals surface area (Å²) in [5, 5.41) is 13.2. The zero-order valence-electron chi connectivity index (χ0n) is 15.5. The highest BCUT2D eigenvalue weighted by Gasteiger charge is 2.26. The van der Waals surface area contributed by atoms with Gasteiger partial charge in [-0.05, 0) is 42.5 Å². The molecule has 2 aliphatic rings. The van der Waals surface area contributed by atoms with Crippen LogP contribution in [0.25, 0.3) is 5.57 Å². The molecule has 2 aromatic rings. The molecule has 9 heteroatoms. The number of hydrogen-bond acceptors (Lipinski definition) is 4. The maximum absolute atomic E-state index is 13.7. The van der Waals surface area contributed by atoms with Crippen molar-refractivity contribution in [1.29, 1.82) is 0 Å². The van der Waals surface area contributed by atoms with Crippen LogP contribution in [0.5, 0.6) is 0 Å². The normalized spacial score (nSPS) is 16.3. The molecule has 1 saturated heterocycles. The van der Waals surface area contributed by atoms with Gasteiger partial charge in [-0.3, -0.25) is 4.79 Å². The summed E-state index contributed by atoms with van der Waals surface area (Å²) in [6.07, 6.45) is 4.19. The van der Waals surface area contributed by atoms with Crippen molar-refractivity contribution in [1.82, 2.24) is 19.7 Å². The monoisotopic (exact) mass is 392 g/mol. The first kappa shape index (κ1) is 21.7. The van der Waals surface area contributed by atoms with Crippen LogP contribution in [-0.2, 0) is 17.8 Å². The molecule has 4 rings (SSSR count). The molecular weight excluding hydrogens is 367 g/mol. The lowest BCUT2D eigenvalue weighted by Gasteiger charge is -2.29. The average Bonchev–Trinajstić information content (AvgIpc) is 3.03. The van der Waals surface area contributed by atoms with Crippen molar-refractivity contribution in [2.45, 2.75) is 32.2 Å². The fourth-order valence-electron chi connectivity index (χ4n) is 3.88. The zero-order chi connectivity index (χ0) is 18.1. The highest BCUT2D eigenvalue weighted by molar-refractivity contribution is 5.81. The van der Waals surface area contributed by atoms with E-state index in [1.165, 1.54) is 11.6 Å².